The molecule has 0 radical (unpaired) electrons. The molecule has 2 fully saturated rings. The molecule has 0 aromatic heterocycles. The Morgan fingerprint density at radius 1 is 1.19 bits per heavy atom. The summed E-state index contributed by atoms with van der Waals surface area (Å²) >= 11 is 9.36. The zero-order valence-corrected chi connectivity index (χ0v) is 13.8. The van der Waals surface area contributed by atoms with Crippen molar-refractivity contribution in [3.05, 3.63) is 27.7 Å². The molecule has 1 aliphatic heterocycles. The standard InChI is InChI=1S/C15H16BrClN2O2/c16-11-8-10(4-5-12(11)17)19-9-13(20)18-15(14(19)21)6-2-1-3-7-15/h4-5,8H,1-3,6-7,9H2,(H,18,20). The zero-order valence-electron chi connectivity index (χ0n) is 11.5. The van der Waals surface area contributed by atoms with Gasteiger partial charge < -0.3 is 10.2 Å². The van der Waals surface area contributed by atoms with E-state index < -0.39 is 5.54 Å². The number of benzene rings is 1. The van der Waals surface area contributed by atoms with Gasteiger partial charge in [-0.05, 0) is 47.0 Å². The van der Waals surface area contributed by atoms with Gasteiger partial charge in [0.2, 0.25) is 5.91 Å². The number of hydrogen-bond donors (Lipinski definition) is 1. The Bertz CT molecular complexity index is 599. The van der Waals surface area contributed by atoms with Gasteiger partial charge in [-0.25, -0.2) is 0 Å². The summed E-state index contributed by atoms with van der Waals surface area (Å²) < 4.78 is 0.721. The fourth-order valence-electron chi connectivity index (χ4n) is 3.19. The fourth-order valence-corrected chi connectivity index (χ4v) is 3.67. The maximum atomic E-state index is 12.9. The van der Waals surface area contributed by atoms with Gasteiger partial charge in [-0.3, -0.25) is 9.59 Å². The highest BCUT2D eigenvalue weighted by molar-refractivity contribution is 9.10. The molecule has 112 valence electrons. The number of nitrogens with one attached hydrogen (secondary N) is 1. The minimum Gasteiger partial charge on any atom is -0.340 e. The average molecular weight is 372 g/mol. The molecule has 2 aliphatic rings. The lowest BCUT2D eigenvalue weighted by atomic mass is 9.79. The van der Waals surface area contributed by atoms with Crippen molar-refractivity contribution in [2.45, 2.75) is 37.6 Å². The summed E-state index contributed by atoms with van der Waals surface area (Å²) in [4.78, 5) is 26.6. The number of anilines is 1. The molecule has 4 nitrogen and oxygen atoms in total. The van der Waals surface area contributed by atoms with Crippen molar-refractivity contribution in [3.8, 4) is 0 Å². The number of carbonyl (C=O) groups excluding carboxylic acids is 2. The Morgan fingerprint density at radius 2 is 1.90 bits per heavy atom. The molecule has 0 bridgehead atoms. The van der Waals surface area contributed by atoms with Crippen molar-refractivity contribution in [1.82, 2.24) is 5.32 Å². The molecular formula is C15H16BrClN2O2. The Labute approximate surface area is 137 Å². The van der Waals surface area contributed by atoms with Crippen LogP contribution < -0.4 is 10.2 Å². The first-order valence-corrected chi connectivity index (χ1v) is 8.27. The van der Waals surface area contributed by atoms with Gasteiger partial charge in [0, 0.05) is 10.2 Å². The normalized spacial score (nSPS) is 21.5. The molecule has 1 N–H and O–H groups in total. The topological polar surface area (TPSA) is 49.4 Å². The lowest BCUT2D eigenvalue weighted by Crippen LogP contribution is -2.67. The van der Waals surface area contributed by atoms with E-state index in [9.17, 15) is 9.59 Å². The number of amides is 2. The Balaban J connectivity index is 1.95. The lowest BCUT2D eigenvalue weighted by molar-refractivity contribution is -0.137. The third kappa shape index (κ3) is 2.69. The van der Waals surface area contributed by atoms with Crippen LogP contribution in [-0.4, -0.2) is 23.9 Å². The number of piperazine rings is 1. The van der Waals surface area contributed by atoms with E-state index in [1.54, 1.807) is 23.1 Å². The minimum atomic E-state index is -0.709. The third-order valence-electron chi connectivity index (χ3n) is 4.26. The van der Waals surface area contributed by atoms with Crippen molar-refractivity contribution in [3.63, 3.8) is 0 Å². The van der Waals surface area contributed by atoms with Gasteiger partial charge in [-0.15, -0.1) is 0 Å². The Hall–Kier alpha value is -1.07. The van der Waals surface area contributed by atoms with Crippen molar-refractivity contribution in [2.24, 2.45) is 0 Å². The predicted molar refractivity (Wildman–Crippen MR) is 85.5 cm³/mol. The van der Waals surface area contributed by atoms with Crippen LogP contribution in [0.5, 0.6) is 0 Å². The molecule has 0 unspecified atom stereocenters. The van der Waals surface area contributed by atoms with Crippen molar-refractivity contribution < 1.29 is 9.59 Å². The SMILES string of the molecule is O=C1CN(c2ccc(Cl)c(Br)c2)C(=O)C2(CCCCC2)N1. The molecule has 1 spiro atoms. The third-order valence-corrected chi connectivity index (χ3v) is 5.47. The molecule has 6 heteroatoms. The Morgan fingerprint density at radius 3 is 2.57 bits per heavy atom. The van der Waals surface area contributed by atoms with Gasteiger partial charge in [-0.2, -0.15) is 0 Å². The van der Waals surface area contributed by atoms with Crippen LogP contribution in [0.15, 0.2) is 22.7 Å². The van der Waals surface area contributed by atoms with Crippen LogP contribution in [0.25, 0.3) is 0 Å². The number of rotatable bonds is 1. The largest absolute Gasteiger partial charge is 0.340 e. The van der Waals surface area contributed by atoms with E-state index in [1.165, 1.54) is 0 Å². The van der Waals surface area contributed by atoms with E-state index in [0.717, 1.165) is 36.6 Å². The summed E-state index contributed by atoms with van der Waals surface area (Å²) in [5.41, 5.74) is -0.00394. The predicted octanol–water partition coefficient (Wildman–Crippen LogP) is 3.27. The highest BCUT2D eigenvalue weighted by atomic mass is 79.9. The summed E-state index contributed by atoms with van der Waals surface area (Å²) in [6.07, 6.45) is 4.53. The molecule has 1 aliphatic carbocycles. The van der Waals surface area contributed by atoms with Gasteiger partial charge in [-0.1, -0.05) is 30.9 Å². The first-order valence-electron chi connectivity index (χ1n) is 7.10. The van der Waals surface area contributed by atoms with E-state index >= 15 is 0 Å². The van der Waals surface area contributed by atoms with Crippen LogP contribution in [0.4, 0.5) is 5.69 Å². The number of hydrogen-bond acceptors (Lipinski definition) is 2. The first kappa shape index (κ1) is 14.9. The summed E-state index contributed by atoms with van der Waals surface area (Å²) in [5.74, 6) is -0.0985. The first-order chi connectivity index (χ1) is 10.0. The van der Waals surface area contributed by atoms with E-state index in [4.69, 9.17) is 11.6 Å². The molecule has 1 aromatic rings. The van der Waals surface area contributed by atoms with E-state index in [1.807, 2.05) is 0 Å². The van der Waals surface area contributed by atoms with Gasteiger partial charge >= 0.3 is 0 Å². The number of nitrogens with zero attached hydrogens (tertiary/aromatic N) is 1. The lowest BCUT2D eigenvalue weighted by Gasteiger charge is -2.44. The van der Waals surface area contributed by atoms with Gasteiger partial charge in [0.15, 0.2) is 0 Å². The van der Waals surface area contributed by atoms with Crippen molar-refractivity contribution >= 4 is 45.0 Å². The fraction of sp³-hybridized carbons (Fsp3) is 0.467. The molecule has 2 amide bonds. The van der Waals surface area contributed by atoms with Gasteiger partial charge in [0.1, 0.15) is 12.1 Å². The van der Waals surface area contributed by atoms with Crippen molar-refractivity contribution in [1.29, 1.82) is 0 Å². The van der Waals surface area contributed by atoms with Crippen LogP contribution in [-0.2, 0) is 9.59 Å². The molecule has 1 saturated carbocycles. The van der Waals surface area contributed by atoms with Crippen LogP contribution >= 0.6 is 27.5 Å². The van der Waals surface area contributed by atoms with Gasteiger partial charge in [0.05, 0.1) is 5.02 Å². The molecule has 1 saturated heterocycles. The Kier molecular flexibility index (Phi) is 3.97. The monoisotopic (exact) mass is 370 g/mol. The summed E-state index contributed by atoms with van der Waals surface area (Å²) in [5, 5.41) is 3.52. The van der Waals surface area contributed by atoms with Gasteiger partial charge in [0.25, 0.3) is 5.91 Å². The van der Waals surface area contributed by atoms with Crippen molar-refractivity contribution in [2.75, 3.05) is 11.4 Å². The molecule has 21 heavy (non-hydrogen) atoms. The molecular weight excluding hydrogens is 356 g/mol. The molecule has 3 rings (SSSR count). The summed E-state index contributed by atoms with van der Waals surface area (Å²) in [7, 11) is 0. The van der Waals surface area contributed by atoms with E-state index in [-0.39, 0.29) is 18.4 Å². The minimum absolute atomic E-state index is 0.00368. The molecule has 1 aromatic carbocycles. The number of halogens is 2. The second-order valence-electron chi connectivity index (χ2n) is 5.68. The highest BCUT2D eigenvalue weighted by Gasteiger charge is 2.47. The second-order valence-corrected chi connectivity index (χ2v) is 6.94. The van der Waals surface area contributed by atoms with Crippen LogP contribution in [0.2, 0.25) is 5.02 Å². The zero-order chi connectivity index (χ0) is 15.0. The molecule has 1 heterocycles. The average Bonchev–Trinajstić information content (AvgIpc) is 2.47. The van der Waals surface area contributed by atoms with E-state index in [2.05, 4.69) is 21.2 Å². The summed E-state index contributed by atoms with van der Waals surface area (Å²) in [6, 6.07) is 5.30. The quantitative estimate of drug-likeness (QED) is 0.823. The maximum Gasteiger partial charge on any atom is 0.253 e. The van der Waals surface area contributed by atoms with Crippen LogP contribution in [0, 0.1) is 0 Å². The highest BCUT2D eigenvalue weighted by Crippen LogP contribution is 2.35. The van der Waals surface area contributed by atoms with E-state index in [0.29, 0.717) is 10.7 Å². The summed E-state index contributed by atoms with van der Waals surface area (Å²) in [6.45, 7) is 0.0641. The molecule has 0 atom stereocenters. The smallest absolute Gasteiger partial charge is 0.253 e. The second kappa shape index (κ2) is 5.61. The van der Waals surface area contributed by atoms with Crippen LogP contribution in [0.1, 0.15) is 32.1 Å². The number of carbonyl (C=O) groups is 2. The van der Waals surface area contributed by atoms with Crippen LogP contribution in [0.3, 0.4) is 0 Å². The maximum absolute atomic E-state index is 12.9.